The number of unbranched alkanes of at least 4 members (excludes halogenated alkanes) is 3. The number of hydrogen-bond donors (Lipinski definition) is 1. The number of para-hydroxylation sites is 1. The van der Waals surface area contributed by atoms with Crippen LogP contribution in [0.1, 0.15) is 45.4 Å². The zero-order valence-corrected chi connectivity index (χ0v) is 16.4. The fraction of sp³-hybridized carbons (Fsp3) is 0.409. The lowest BCUT2D eigenvalue weighted by Gasteiger charge is -2.23. The monoisotopic (exact) mass is 390 g/mol. The Balaban J connectivity index is 2.04. The first-order valence-corrected chi connectivity index (χ1v) is 9.83. The molecule has 0 aliphatic rings. The third kappa shape index (κ3) is 7.92. The van der Waals surface area contributed by atoms with Gasteiger partial charge in [0.05, 0.1) is 0 Å². The van der Waals surface area contributed by atoms with E-state index in [0.29, 0.717) is 16.5 Å². The summed E-state index contributed by atoms with van der Waals surface area (Å²) < 4.78 is 11.8. The zero-order valence-electron chi connectivity index (χ0n) is 15.6. The first kappa shape index (κ1) is 21.1. The highest BCUT2D eigenvalue weighted by molar-refractivity contribution is 6.30. The number of carbonyl (C=O) groups is 1. The summed E-state index contributed by atoms with van der Waals surface area (Å²) >= 11 is 5.93. The topological polar surface area (TPSA) is 55.8 Å². The molecule has 0 saturated carbocycles. The first-order valence-electron chi connectivity index (χ1n) is 9.45. The first-order chi connectivity index (χ1) is 13.1. The Morgan fingerprint density at radius 2 is 1.63 bits per heavy atom. The van der Waals surface area contributed by atoms with Crippen molar-refractivity contribution in [3.8, 4) is 11.5 Å². The van der Waals surface area contributed by atoms with Gasteiger partial charge in [0.25, 0.3) is 0 Å². The van der Waals surface area contributed by atoms with E-state index < -0.39 is 12.1 Å². The molecule has 0 bridgehead atoms. The number of benzene rings is 2. The van der Waals surface area contributed by atoms with Crippen molar-refractivity contribution in [3.63, 3.8) is 0 Å². The SMILES string of the molecule is CCCCCCC(CC(Oc1ccccc1)C(=O)O)Oc1ccc(Cl)cc1. The molecule has 2 rings (SSSR count). The van der Waals surface area contributed by atoms with Crippen LogP contribution < -0.4 is 9.47 Å². The molecule has 2 aromatic carbocycles. The molecule has 5 heteroatoms. The van der Waals surface area contributed by atoms with Crippen molar-refractivity contribution in [1.82, 2.24) is 0 Å². The van der Waals surface area contributed by atoms with Gasteiger partial charge in [-0.25, -0.2) is 4.79 Å². The van der Waals surface area contributed by atoms with Gasteiger partial charge in [-0.1, -0.05) is 56.0 Å². The minimum Gasteiger partial charge on any atom is -0.490 e. The Labute approximate surface area is 166 Å². The van der Waals surface area contributed by atoms with E-state index in [2.05, 4.69) is 6.92 Å². The van der Waals surface area contributed by atoms with E-state index in [9.17, 15) is 9.90 Å². The smallest absolute Gasteiger partial charge is 0.345 e. The van der Waals surface area contributed by atoms with Crippen LogP contribution in [0.25, 0.3) is 0 Å². The van der Waals surface area contributed by atoms with E-state index in [1.54, 1.807) is 36.4 Å². The van der Waals surface area contributed by atoms with Crippen molar-refractivity contribution in [2.24, 2.45) is 0 Å². The Bertz CT molecular complexity index is 672. The van der Waals surface area contributed by atoms with Crippen LogP contribution >= 0.6 is 11.6 Å². The Hall–Kier alpha value is -2.20. The number of hydrogen-bond acceptors (Lipinski definition) is 3. The number of halogens is 1. The van der Waals surface area contributed by atoms with Gasteiger partial charge in [0.2, 0.25) is 0 Å². The summed E-state index contributed by atoms with van der Waals surface area (Å²) in [6.07, 6.45) is 4.26. The quantitative estimate of drug-likeness (QED) is 0.453. The molecular weight excluding hydrogens is 364 g/mol. The van der Waals surface area contributed by atoms with E-state index in [0.717, 1.165) is 32.1 Å². The Morgan fingerprint density at radius 1 is 0.963 bits per heavy atom. The zero-order chi connectivity index (χ0) is 19.5. The van der Waals surface area contributed by atoms with Crippen molar-refractivity contribution in [2.45, 2.75) is 57.7 Å². The molecule has 27 heavy (non-hydrogen) atoms. The van der Waals surface area contributed by atoms with Crippen molar-refractivity contribution in [2.75, 3.05) is 0 Å². The van der Waals surface area contributed by atoms with Crippen LogP contribution in [0.3, 0.4) is 0 Å². The molecule has 2 atom stereocenters. The Morgan fingerprint density at radius 3 is 2.26 bits per heavy atom. The predicted octanol–water partition coefficient (Wildman–Crippen LogP) is 5.98. The number of rotatable bonds is 12. The summed E-state index contributed by atoms with van der Waals surface area (Å²) in [5.41, 5.74) is 0. The van der Waals surface area contributed by atoms with Gasteiger partial charge in [0.1, 0.15) is 17.6 Å². The van der Waals surface area contributed by atoms with Gasteiger partial charge in [0, 0.05) is 11.4 Å². The van der Waals surface area contributed by atoms with Crippen molar-refractivity contribution in [3.05, 3.63) is 59.6 Å². The highest BCUT2D eigenvalue weighted by Crippen LogP contribution is 2.22. The average Bonchev–Trinajstić information content (AvgIpc) is 2.67. The molecule has 0 spiro atoms. The van der Waals surface area contributed by atoms with Gasteiger partial charge < -0.3 is 14.6 Å². The highest BCUT2D eigenvalue weighted by Gasteiger charge is 2.25. The normalized spacial score (nSPS) is 13.0. The van der Waals surface area contributed by atoms with Crippen molar-refractivity contribution >= 4 is 17.6 Å². The van der Waals surface area contributed by atoms with Gasteiger partial charge in [-0.15, -0.1) is 0 Å². The third-order valence-corrected chi connectivity index (χ3v) is 4.52. The molecular formula is C22H27ClO4. The fourth-order valence-corrected chi connectivity index (χ4v) is 2.96. The molecule has 1 N–H and O–H groups in total. The van der Waals surface area contributed by atoms with Crippen LogP contribution in [0.5, 0.6) is 11.5 Å². The molecule has 0 aliphatic heterocycles. The van der Waals surface area contributed by atoms with E-state index in [1.807, 2.05) is 18.2 Å². The summed E-state index contributed by atoms with van der Waals surface area (Å²) in [5, 5.41) is 10.2. The second kappa shape index (κ2) is 11.5. The van der Waals surface area contributed by atoms with Crippen LogP contribution in [0.15, 0.2) is 54.6 Å². The maximum Gasteiger partial charge on any atom is 0.345 e. The highest BCUT2D eigenvalue weighted by atomic mass is 35.5. The molecule has 146 valence electrons. The molecule has 0 saturated heterocycles. The lowest BCUT2D eigenvalue weighted by Crippen LogP contribution is -2.33. The summed E-state index contributed by atoms with van der Waals surface area (Å²) in [6.45, 7) is 2.16. The third-order valence-electron chi connectivity index (χ3n) is 4.27. The average molecular weight is 391 g/mol. The van der Waals surface area contributed by atoms with Crippen molar-refractivity contribution in [1.29, 1.82) is 0 Å². The number of aliphatic carboxylic acids is 1. The van der Waals surface area contributed by atoms with Crippen LogP contribution in [-0.2, 0) is 4.79 Å². The van der Waals surface area contributed by atoms with Crippen molar-refractivity contribution < 1.29 is 19.4 Å². The molecule has 0 radical (unpaired) electrons. The predicted molar refractivity (Wildman–Crippen MR) is 108 cm³/mol. The molecule has 0 aromatic heterocycles. The molecule has 0 heterocycles. The minimum absolute atomic E-state index is 0.243. The standard InChI is InChI=1S/C22H27ClO4/c1-2-3-4-6-11-20(26-19-14-12-17(23)13-15-19)16-21(22(24)25)27-18-9-7-5-8-10-18/h5,7-10,12-15,20-21H,2-4,6,11,16H2,1H3,(H,24,25). The van der Waals surface area contributed by atoms with Crippen LogP contribution in [0, 0.1) is 0 Å². The van der Waals surface area contributed by atoms with E-state index in [4.69, 9.17) is 21.1 Å². The number of carboxylic acids is 1. The fourth-order valence-electron chi connectivity index (χ4n) is 2.83. The molecule has 0 amide bonds. The van der Waals surface area contributed by atoms with Gasteiger partial charge in [0.15, 0.2) is 6.10 Å². The van der Waals surface area contributed by atoms with E-state index in [-0.39, 0.29) is 12.5 Å². The van der Waals surface area contributed by atoms with Gasteiger partial charge in [-0.2, -0.15) is 0 Å². The molecule has 0 aliphatic carbocycles. The summed E-state index contributed by atoms with van der Waals surface area (Å²) in [5.74, 6) is 0.238. The van der Waals surface area contributed by atoms with E-state index >= 15 is 0 Å². The number of ether oxygens (including phenoxy) is 2. The van der Waals surface area contributed by atoms with Crippen LogP contribution in [-0.4, -0.2) is 23.3 Å². The second-order valence-corrected chi connectivity index (χ2v) is 6.97. The van der Waals surface area contributed by atoms with E-state index in [1.165, 1.54) is 0 Å². The Kier molecular flexibility index (Phi) is 8.99. The molecule has 2 aromatic rings. The number of carboxylic acid groups (broad SMARTS) is 1. The van der Waals surface area contributed by atoms with Gasteiger partial charge in [-0.05, 0) is 49.2 Å². The summed E-state index contributed by atoms with van der Waals surface area (Å²) in [7, 11) is 0. The maximum absolute atomic E-state index is 11.7. The van der Waals surface area contributed by atoms with Crippen LogP contribution in [0.4, 0.5) is 0 Å². The molecule has 4 nitrogen and oxygen atoms in total. The lowest BCUT2D eigenvalue weighted by atomic mass is 10.0. The molecule has 0 fully saturated rings. The molecule has 2 unspecified atom stereocenters. The van der Waals surface area contributed by atoms with Gasteiger partial charge in [-0.3, -0.25) is 0 Å². The lowest BCUT2D eigenvalue weighted by molar-refractivity contribution is -0.146. The second-order valence-electron chi connectivity index (χ2n) is 6.54. The van der Waals surface area contributed by atoms with Gasteiger partial charge >= 0.3 is 5.97 Å². The largest absolute Gasteiger partial charge is 0.490 e. The maximum atomic E-state index is 11.7. The van der Waals surface area contributed by atoms with Crippen LogP contribution in [0.2, 0.25) is 5.02 Å². The minimum atomic E-state index is -0.989. The summed E-state index contributed by atoms with van der Waals surface area (Å²) in [6, 6.07) is 16.1. The summed E-state index contributed by atoms with van der Waals surface area (Å²) in [4.78, 5) is 11.7.